The van der Waals surface area contributed by atoms with Crippen molar-refractivity contribution in [2.75, 3.05) is 10.6 Å². The molecule has 0 saturated heterocycles. The highest BCUT2D eigenvalue weighted by Crippen LogP contribution is 2.32. The average Bonchev–Trinajstić information content (AvgIpc) is 2.39. The minimum absolute atomic E-state index is 0.0288. The molecule has 2 N–H and O–H groups in total. The maximum atomic E-state index is 11.8. The zero-order valence-electron chi connectivity index (χ0n) is 11.3. The lowest BCUT2D eigenvalue weighted by Crippen LogP contribution is -2.34. The molecule has 0 aromatic heterocycles. The highest BCUT2D eigenvalue weighted by molar-refractivity contribution is 5.99. The van der Waals surface area contributed by atoms with Crippen LogP contribution in [-0.4, -0.2) is 17.9 Å². The molecule has 5 heteroatoms. The Kier molecular flexibility index (Phi) is 3.74. The monoisotopic (exact) mass is 262 g/mol. The maximum Gasteiger partial charge on any atom is 0.265 e. The highest BCUT2D eigenvalue weighted by Gasteiger charge is 2.23. The molecule has 2 rings (SSSR count). The van der Waals surface area contributed by atoms with Gasteiger partial charge in [0.15, 0.2) is 6.10 Å². The summed E-state index contributed by atoms with van der Waals surface area (Å²) in [6.07, 6.45) is 0.293. The predicted octanol–water partition coefficient (Wildman–Crippen LogP) is 2.39. The van der Waals surface area contributed by atoms with Crippen molar-refractivity contribution >= 4 is 23.2 Å². The summed E-state index contributed by atoms with van der Waals surface area (Å²) in [5, 5.41) is 5.57. The minimum Gasteiger partial charge on any atom is -0.479 e. The molecule has 102 valence electrons. The topological polar surface area (TPSA) is 67.4 Å². The second-order valence-electron chi connectivity index (χ2n) is 4.76. The van der Waals surface area contributed by atoms with Gasteiger partial charge in [0.2, 0.25) is 5.91 Å². The van der Waals surface area contributed by atoms with Gasteiger partial charge >= 0.3 is 0 Å². The highest BCUT2D eigenvalue weighted by atomic mass is 16.5. The SMILES string of the molecule is CCC(C)C(=O)Nc1ccc2c(c1)NC(=O)C(C)O2. The Morgan fingerprint density at radius 2 is 2.26 bits per heavy atom. The molecule has 0 bridgehead atoms. The van der Waals surface area contributed by atoms with E-state index >= 15 is 0 Å². The van der Waals surface area contributed by atoms with Crippen molar-refractivity contribution in [1.29, 1.82) is 0 Å². The summed E-state index contributed by atoms with van der Waals surface area (Å²) in [5.74, 6) is 0.368. The molecule has 5 nitrogen and oxygen atoms in total. The van der Waals surface area contributed by atoms with E-state index in [0.29, 0.717) is 17.1 Å². The van der Waals surface area contributed by atoms with Crippen LogP contribution in [0.2, 0.25) is 0 Å². The molecule has 1 aromatic carbocycles. The Hall–Kier alpha value is -2.04. The second kappa shape index (κ2) is 5.30. The minimum atomic E-state index is -0.493. The Labute approximate surface area is 112 Å². The first-order chi connectivity index (χ1) is 9.01. The van der Waals surface area contributed by atoms with Gasteiger partial charge in [0, 0.05) is 11.6 Å². The van der Waals surface area contributed by atoms with Crippen molar-refractivity contribution in [2.24, 2.45) is 5.92 Å². The number of carbonyl (C=O) groups excluding carboxylic acids is 2. The summed E-state index contributed by atoms with van der Waals surface area (Å²) in [4.78, 5) is 23.3. The molecular weight excluding hydrogens is 244 g/mol. The number of nitrogens with one attached hydrogen (secondary N) is 2. The zero-order chi connectivity index (χ0) is 14.0. The van der Waals surface area contributed by atoms with Crippen molar-refractivity contribution in [3.63, 3.8) is 0 Å². The van der Waals surface area contributed by atoms with Gasteiger partial charge in [0.1, 0.15) is 5.75 Å². The normalized spacial score (nSPS) is 18.9. The molecule has 1 heterocycles. The molecule has 0 saturated carbocycles. The lowest BCUT2D eigenvalue weighted by molar-refractivity contribution is -0.122. The van der Waals surface area contributed by atoms with Crippen LogP contribution in [-0.2, 0) is 9.59 Å². The number of hydrogen-bond donors (Lipinski definition) is 2. The molecule has 0 radical (unpaired) electrons. The molecule has 2 atom stereocenters. The van der Waals surface area contributed by atoms with Crippen molar-refractivity contribution < 1.29 is 14.3 Å². The molecule has 0 fully saturated rings. The van der Waals surface area contributed by atoms with Crippen molar-refractivity contribution in [2.45, 2.75) is 33.3 Å². The molecule has 1 aromatic rings. The third-order valence-corrected chi connectivity index (χ3v) is 3.24. The van der Waals surface area contributed by atoms with Crippen LogP contribution >= 0.6 is 0 Å². The van der Waals surface area contributed by atoms with Gasteiger partial charge in [-0.1, -0.05) is 13.8 Å². The number of hydrogen-bond acceptors (Lipinski definition) is 3. The van der Waals surface area contributed by atoms with E-state index in [9.17, 15) is 9.59 Å². The van der Waals surface area contributed by atoms with E-state index in [0.717, 1.165) is 6.42 Å². The fourth-order valence-electron chi connectivity index (χ4n) is 1.74. The van der Waals surface area contributed by atoms with E-state index in [2.05, 4.69) is 10.6 Å². The lowest BCUT2D eigenvalue weighted by Gasteiger charge is -2.23. The molecule has 0 aliphatic carbocycles. The van der Waals surface area contributed by atoms with Crippen LogP contribution in [0.15, 0.2) is 18.2 Å². The van der Waals surface area contributed by atoms with Crippen LogP contribution in [0.1, 0.15) is 27.2 Å². The lowest BCUT2D eigenvalue weighted by atomic mass is 10.1. The zero-order valence-corrected chi connectivity index (χ0v) is 11.3. The Morgan fingerprint density at radius 1 is 1.53 bits per heavy atom. The van der Waals surface area contributed by atoms with E-state index in [1.54, 1.807) is 25.1 Å². The smallest absolute Gasteiger partial charge is 0.265 e. The van der Waals surface area contributed by atoms with Crippen LogP contribution in [0.3, 0.4) is 0 Å². The van der Waals surface area contributed by atoms with E-state index < -0.39 is 6.10 Å². The number of rotatable bonds is 3. The van der Waals surface area contributed by atoms with Crippen molar-refractivity contribution in [3.05, 3.63) is 18.2 Å². The quantitative estimate of drug-likeness (QED) is 0.879. The van der Waals surface area contributed by atoms with Crippen LogP contribution in [0.25, 0.3) is 0 Å². The van der Waals surface area contributed by atoms with Crippen molar-refractivity contribution in [3.8, 4) is 5.75 Å². The Morgan fingerprint density at radius 3 is 2.95 bits per heavy atom. The van der Waals surface area contributed by atoms with E-state index in [1.807, 2.05) is 13.8 Å². The Balaban J connectivity index is 2.15. The van der Waals surface area contributed by atoms with Gasteiger partial charge < -0.3 is 15.4 Å². The number of anilines is 2. The summed E-state index contributed by atoms with van der Waals surface area (Å²) in [6, 6.07) is 5.22. The van der Waals surface area contributed by atoms with Gasteiger partial charge in [-0.3, -0.25) is 9.59 Å². The first-order valence-electron chi connectivity index (χ1n) is 6.43. The van der Waals surface area contributed by atoms with E-state index in [-0.39, 0.29) is 17.7 Å². The van der Waals surface area contributed by atoms with E-state index in [4.69, 9.17) is 4.74 Å². The summed E-state index contributed by atoms with van der Waals surface area (Å²) >= 11 is 0. The fourth-order valence-corrected chi connectivity index (χ4v) is 1.74. The van der Waals surface area contributed by atoms with Gasteiger partial charge in [0.05, 0.1) is 5.69 Å². The number of fused-ring (bicyclic) bond motifs is 1. The summed E-state index contributed by atoms with van der Waals surface area (Å²) < 4.78 is 5.45. The van der Waals surface area contributed by atoms with Gasteiger partial charge in [-0.2, -0.15) is 0 Å². The average molecular weight is 262 g/mol. The molecule has 19 heavy (non-hydrogen) atoms. The molecule has 0 spiro atoms. The van der Waals surface area contributed by atoms with Gasteiger partial charge in [-0.05, 0) is 31.5 Å². The molecule has 2 amide bonds. The molecule has 2 unspecified atom stereocenters. The third-order valence-electron chi connectivity index (χ3n) is 3.24. The number of amides is 2. The summed E-state index contributed by atoms with van der Waals surface area (Å²) in [7, 11) is 0. The first-order valence-corrected chi connectivity index (χ1v) is 6.43. The number of carbonyl (C=O) groups is 2. The predicted molar refractivity (Wildman–Crippen MR) is 73.2 cm³/mol. The number of benzene rings is 1. The van der Waals surface area contributed by atoms with Gasteiger partial charge in [-0.15, -0.1) is 0 Å². The molecule has 1 aliphatic rings. The van der Waals surface area contributed by atoms with Crippen LogP contribution < -0.4 is 15.4 Å². The fraction of sp³-hybridized carbons (Fsp3) is 0.429. The summed E-state index contributed by atoms with van der Waals surface area (Å²) in [6.45, 7) is 5.53. The van der Waals surface area contributed by atoms with Crippen LogP contribution in [0.5, 0.6) is 5.75 Å². The molecule has 1 aliphatic heterocycles. The summed E-state index contributed by atoms with van der Waals surface area (Å²) in [5.41, 5.74) is 1.24. The van der Waals surface area contributed by atoms with Gasteiger partial charge in [0.25, 0.3) is 5.91 Å². The first kappa shape index (κ1) is 13.4. The Bertz CT molecular complexity index is 513. The van der Waals surface area contributed by atoms with Crippen molar-refractivity contribution in [1.82, 2.24) is 0 Å². The standard InChI is InChI=1S/C14H18N2O3/c1-4-8(2)13(17)15-10-5-6-12-11(7-10)16-14(18)9(3)19-12/h5-9H,4H2,1-3H3,(H,15,17)(H,16,18). The maximum absolute atomic E-state index is 11.8. The largest absolute Gasteiger partial charge is 0.479 e. The second-order valence-corrected chi connectivity index (χ2v) is 4.76. The van der Waals surface area contributed by atoms with Crippen LogP contribution in [0, 0.1) is 5.92 Å². The third kappa shape index (κ3) is 2.86. The molecular formula is C14H18N2O3. The van der Waals surface area contributed by atoms with Crippen LogP contribution in [0.4, 0.5) is 11.4 Å². The van der Waals surface area contributed by atoms with Gasteiger partial charge in [-0.25, -0.2) is 0 Å². The van der Waals surface area contributed by atoms with E-state index in [1.165, 1.54) is 0 Å². The number of ether oxygens (including phenoxy) is 1.